The zero-order valence-corrected chi connectivity index (χ0v) is 18.0. The molecule has 3 rings (SSSR count). The molecule has 1 aliphatic rings. The van der Waals surface area contributed by atoms with Gasteiger partial charge in [-0.05, 0) is 30.7 Å². The number of nitrogens with one attached hydrogen (secondary N) is 1. The maximum Gasteiger partial charge on any atom is 0.335 e. The van der Waals surface area contributed by atoms with Crippen LogP contribution in [0.1, 0.15) is 33.2 Å². The van der Waals surface area contributed by atoms with Gasteiger partial charge in [-0.3, -0.25) is 9.69 Å². The molecule has 2 aromatic rings. The van der Waals surface area contributed by atoms with Crippen molar-refractivity contribution in [3.8, 4) is 5.75 Å². The van der Waals surface area contributed by atoms with E-state index in [-0.39, 0.29) is 17.6 Å². The van der Waals surface area contributed by atoms with Crippen molar-refractivity contribution in [3.05, 3.63) is 58.1 Å². The summed E-state index contributed by atoms with van der Waals surface area (Å²) < 4.78 is 11.3. The highest BCUT2D eigenvalue weighted by atomic mass is 35.5. The quantitative estimate of drug-likeness (QED) is 0.533. The summed E-state index contributed by atoms with van der Waals surface area (Å²) in [5, 5.41) is 12.2. The van der Waals surface area contributed by atoms with Gasteiger partial charge in [-0.1, -0.05) is 23.7 Å². The molecule has 166 valence electrons. The van der Waals surface area contributed by atoms with Crippen LogP contribution in [0.3, 0.4) is 0 Å². The molecule has 2 aromatic carbocycles. The van der Waals surface area contributed by atoms with Crippen LogP contribution in [0, 0.1) is 0 Å². The second-order valence-corrected chi connectivity index (χ2v) is 7.65. The number of carbonyl (C=O) groups is 2. The van der Waals surface area contributed by atoms with Crippen molar-refractivity contribution in [1.82, 2.24) is 10.2 Å². The Morgan fingerprint density at radius 1 is 1.32 bits per heavy atom. The highest BCUT2D eigenvalue weighted by Gasteiger charge is 2.22. The molecule has 1 heterocycles. The first-order chi connectivity index (χ1) is 14.9. The monoisotopic (exact) mass is 447 g/mol. The van der Waals surface area contributed by atoms with Crippen molar-refractivity contribution in [1.29, 1.82) is 0 Å². The Morgan fingerprint density at radius 2 is 2.06 bits per heavy atom. The fourth-order valence-corrected chi connectivity index (χ4v) is 3.55. The second-order valence-electron chi connectivity index (χ2n) is 7.24. The Hall–Kier alpha value is -2.81. The summed E-state index contributed by atoms with van der Waals surface area (Å²) in [4.78, 5) is 25.9. The number of carboxylic acid groups (broad SMARTS) is 1. The number of carbonyl (C=O) groups excluding carboxylic acids is 1. The second kappa shape index (κ2) is 10.5. The molecule has 1 fully saturated rings. The fourth-order valence-electron chi connectivity index (χ4n) is 3.38. The first-order valence-electron chi connectivity index (χ1n) is 10.0. The lowest BCUT2D eigenvalue weighted by Crippen LogP contribution is -2.47. The number of carboxylic acids is 1. The van der Waals surface area contributed by atoms with Crippen LogP contribution < -0.4 is 15.8 Å². The average molecular weight is 448 g/mol. The number of morpholine rings is 1. The minimum Gasteiger partial charge on any atom is -0.493 e. The number of hydrogen-bond donors (Lipinski definition) is 3. The number of rotatable bonds is 8. The third-order valence-corrected chi connectivity index (χ3v) is 5.29. The van der Waals surface area contributed by atoms with Crippen molar-refractivity contribution in [2.75, 3.05) is 38.6 Å². The number of benzene rings is 2. The highest BCUT2D eigenvalue weighted by Crippen LogP contribution is 2.29. The van der Waals surface area contributed by atoms with E-state index in [0.717, 1.165) is 12.1 Å². The zero-order valence-electron chi connectivity index (χ0n) is 17.3. The van der Waals surface area contributed by atoms with Gasteiger partial charge in [0.05, 0.1) is 41.2 Å². The molecule has 1 amide bonds. The van der Waals surface area contributed by atoms with Gasteiger partial charge in [0.25, 0.3) is 5.91 Å². The first kappa shape index (κ1) is 22.9. The van der Waals surface area contributed by atoms with Gasteiger partial charge in [-0.15, -0.1) is 0 Å². The Kier molecular flexibility index (Phi) is 7.73. The predicted octanol–water partition coefficient (Wildman–Crippen LogP) is 2.65. The van der Waals surface area contributed by atoms with Gasteiger partial charge in [0.15, 0.2) is 0 Å². The summed E-state index contributed by atoms with van der Waals surface area (Å²) in [5.74, 6) is -0.864. The first-order valence-corrected chi connectivity index (χ1v) is 10.4. The summed E-state index contributed by atoms with van der Waals surface area (Å²) in [6, 6.07) is 9.89. The molecule has 1 saturated heterocycles. The minimum absolute atomic E-state index is 0.171. The Morgan fingerprint density at radius 3 is 2.74 bits per heavy atom. The van der Waals surface area contributed by atoms with Crippen LogP contribution in [0.5, 0.6) is 5.75 Å². The Bertz CT molecular complexity index is 935. The minimum atomic E-state index is -0.941. The molecule has 8 nitrogen and oxygen atoms in total. The Labute approximate surface area is 185 Å². The smallest absolute Gasteiger partial charge is 0.335 e. The van der Waals surface area contributed by atoms with E-state index >= 15 is 0 Å². The van der Waals surface area contributed by atoms with E-state index in [4.69, 9.17) is 31.9 Å². The number of nitrogen functional groups attached to an aromatic ring is 1. The van der Waals surface area contributed by atoms with Crippen LogP contribution in [0.2, 0.25) is 5.02 Å². The number of nitrogens with zero attached hydrogens (tertiary/aromatic N) is 1. The lowest BCUT2D eigenvalue weighted by Gasteiger charge is -2.33. The number of nitrogens with two attached hydrogens (primary N) is 1. The predicted molar refractivity (Wildman–Crippen MR) is 118 cm³/mol. The van der Waals surface area contributed by atoms with Crippen LogP contribution in [0.15, 0.2) is 36.4 Å². The lowest BCUT2D eigenvalue weighted by atomic mass is 10.1. The lowest BCUT2D eigenvalue weighted by molar-refractivity contribution is -0.0292. The molecule has 0 radical (unpaired) electrons. The standard InChI is InChI=1S/C22H26ClN3O5/c1-2-30-20-10-19(24)18(23)9-17(20)21(27)25-11-16-13-26(7-8-31-16)12-14-3-5-15(6-4-14)22(28)29/h3-6,9-10,16H,2,7-8,11-13,24H2,1H3,(H,25,27)(H,28,29). The van der Waals surface area contributed by atoms with Crippen molar-refractivity contribution < 1.29 is 24.2 Å². The number of aromatic carboxylic acids is 1. The molecule has 0 saturated carbocycles. The van der Waals surface area contributed by atoms with Crippen molar-refractivity contribution in [3.63, 3.8) is 0 Å². The molecule has 31 heavy (non-hydrogen) atoms. The molecule has 1 unspecified atom stereocenters. The van der Waals surface area contributed by atoms with E-state index in [0.29, 0.717) is 54.9 Å². The van der Waals surface area contributed by atoms with Gasteiger partial charge >= 0.3 is 5.97 Å². The van der Waals surface area contributed by atoms with E-state index in [9.17, 15) is 9.59 Å². The van der Waals surface area contributed by atoms with Crippen molar-refractivity contribution >= 4 is 29.2 Å². The van der Waals surface area contributed by atoms with E-state index in [1.807, 2.05) is 19.1 Å². The Balaban J connectivity index is 1.56. The largest absolute Gasteiger partial charge is 0.493 e. The van der Waals surface area contributed by atoms with Crippen LogP contribution in [0.25, 0.3) is 0 Å². The topological polar surface area (TPSA) is 114 Å². The molecule has 0 spiro atoms. The number of amides is 1. The van der Waals surface area contributed by atoms with Crippen LogP contribution in [-0.2, 0) is 11.3 Å². The van der Waals surface area contributed by atoms with Gasteiger partial charge in [-0.2, -0.15) is 0 Å². The summed E-state index contributed by atoms with van der Waals surface area (Å²) >= 11 is 6.08. The molecule has 0 aliphatic carbocycles. The fraction of sp³-hybridized carbons (Fsp3) is 0.364. The number of ether oxygens (including phenoxy) is 2. The third-order valence-electron chi connectivity index (χ3n) is 4.96. The van der Waals surface area contributed by atoms with Gasteiger partial charge in [0.1, 0.15) is 5.75 Å². The van der Waals surface area contributed by atoms with E-state index < -0.39 is 5.97 Å². The van der Waals surface area contributed by atoms with Crippen LogP contribution in [0.4, 0.5) is 5.69 Å². The SMILES string of the molecule is CCOc1cc(N)c(Cl)cc1C(=O)NCC1CN(Cc2ccc(C(=O)O)cc2)CCO1. The number of hydrogen-bond acceptors (Lipinski definition) is 6. The van der Waals surface area contributed by atoms with Crippen molar-refractivity contribution in [2.45, 2.75) is 19.6 Å². The number of halogens is 1. The number of anilines is 1. The molecule has 1 aliphatic heterocycles. The van der Waals surface area contributed by atoms with Gasteiger partial charge in [-0.25, -0.2) is 4.79 Å². The molecule has 0 aromatic heterocycles. The van der Waals surface area contributed by atoms with E-state index in [2.05, 4.69) is 10.2 Å². The zero-order chi connectivity index (χ0) is 22.4. The molecular formula is C22H26ClN3O5. The van der Waals surface area contributed by atoms with Gasteiger partial charge in [0, 0.05) is 32.2 Å². The maximum atomic E-state index is 12.7. The van der Waals surface area contributed by atoms with E-state index in [1.54, 1.807) is 18.2 Å². The summed E-state index contributed by atoms with van der Waals surface area (Å²) in [7, 11) is 0. The van der Waals surface area contributed by atoms with Crippen molar-refractivity contribution in [2.24, 2.45) is 0 Å². The summed E-state index contributed by atoms with van der Waals surface area (Å²) in [6.07, 6.45) is -0.171. The molecule has 1 atom stereocenters. The maximum absolute atomic E-state index is 12.7. The van der Waals surface area contributed by atoms with Crippen LogP contribution >= 0.6 is 11.6 Å². The molecule has 9 heteroatoms. The molecule has 0 bridgehead atoms. The molecule has 4 N–H and O–H groups in total. The highest BCUT2D eigenvalue weighted by molar-refractivity contribution is 6.33. The summed E-state index contributed by atoms with van der Waals surface area (Å²) in [6.45, 7) is 5.18. The average Bonchev–Trinajstić information content (AvgIpc) is 2.75. The normalized spacial score (nSPS) is 16.6. The molecular weight excluding hydrogens is 422 g/mol. The summed E-state index contributed by atoms with van der Waals surface area (Å²) in [5.41, 5.74) is 7.78. The van der Waals surface area contributed by atoms with Gasteiger partial charge < -0.3 is 25.6 Å². The van der Waals surface area contributed by atoms with E-state index in [1.165, 1.54) is 6.07 Å². The van der Waals surface area contributed by atoms with Gasteiger partial charge in [0.2, 0.25) is 0 Å². The third kappa shape index (κ3) is 6.10. The van der Waals surface area contributed by atoms with Crippen LogP contribution in [-0.4, -0.2) is 60.8 Å².